The number of ether oxygens (including phenoxy) is 1. The van der Waals surface area contributed by atoms with Crippen LogP contribution >= 0.6 is 0 Å². The van der Waals surface area contributed by atoms with Gasteiger partial charge in [-0.15, -0.1) is 0 Å². The van der Waals surface area contributed by atoms with Gasteiger partial charge in [-0.3, -0.25) is 14.1 Å². The zero-order valence-corrected chi connectivity index (χ0v) is 9.77. The highest BCUT2D eigenvalue weighted by atomic mass is 32.2. The molecule has 0 aliphatic carbocycles. The molecule has 0 aliphatic heterocycles. The lowest BCUT2D eigenvalue weighted by molar-refractivity contribution is -0.138. The number of sulfonamides is 1. The molecule has 0 radical (unpaired) electrons. The Labute approximate surface area is 93.9 Å². The summed E-state index contributed by atoms with van der Waals surface area (Å²) in [5.74, 6) is -0.630. The van der Waals surface area contributed by atoms with Gasteiger partial charge in [0.1, 0.15) is 6.54 Å². The van der Waals surface area contributed by atoms with Crippen molar-refractivity contribution in [2.45, 2.75) is 0 Å². The van der Waals surface area contributed by atoms with E-state index < -0.39 is 16.0 Å². The molecule has 7 heteroatoms. The first-order chi connectivity index (χ1) is 7.45. The summed E-state index contributed by atoms with van der Waals surface area (Å²) in [7, 11) is -2.33. The summed E-state index contributed by atoms with van der Waals surface area (Å²) in [4.78, 5) is 14.9. The zero-order chi connectivity index (χ0) is 12.2. The van der Waals surface area contributed by atoms with Gasteiger partial charge >= 0.3 is 5.97 Å². The van der Waals surface area contributed by atoms with Crippen LogP contribution in [0.2, 0.25) is 0 Å². The molecule has 0 spiro atoms. The van der Waals surface area contributed by atoms with Gasteiger partial charge < -0.3 is 4.74 Å². The second-order valence-electron chi connectivity index (χ2n) is 3.06. The minimum Gasteiger partial charge on any atom is -0.468 e. The highest BCUT2D eigenvalue weighted by Gasteiger charge is 2.20. The fourth-order valence-corrected chi connectivity index (χ4v) is 1.91. The Morgan fingerprint density at radius 3 is 2.69 bits per heavy atom. The van der Waals surface area contributed by atoms with Crippen LogP contribution in [0, 0.1) is 0 Å². The van der Waals surface area contributed by atoms with Crippen molar-refractivity contribution in [3.8, 4) is 0 Å². The predicted octanol–water partition coefficient (Wildman–Crippen LogP) is 0.0206. The molecular weight excluding hydrogens is 232 g/mol. The topological polar surface area (TPSA) is 76.6 Å². The first-order valence-electron chi connectivity index (χ1n) is 4.39. The summed E-state index contributed by atoms with van der Waals surface area (Å²) in [6.45, 7) is -0.360. The number of methoxy groups -OCH3 is 1. The molecule has 0 aliphatic rings. The molecule has 1 aromatic rings. The molecule has 16 heavy (non-hydrogen) atoms. The molecule has 0 aromatic carbocycles. The van der Waals surface area contributed by atoms with Gasteiger partial charge in [-0.25, -0.2) is 8.42 Å². The Bertz CT molecular complexity index is 458. The first-order valence-corrected chi connectivity index (χ1v) is 6.24. The molecule has 0 atom stereocenters. The third-order valence-corrected chi connectivity index (χ3v) is 2.98. The van der Waals surface area contributed by atoms with Crippen LogP contribution in [0.15, 0.2) is 24.5 Å². The van der Waals surface area contributed by atoms with E-state index in [0.717, 1.165) is 10.6 Å². The van der Waals surface area contributed by atoms with Crippen LogP contribution in [-0.4, -0.2) is 39.3 Å². The number of pyridine rings is 1. The predicted molar refractivity (Wildman–Crippen MR) is 58.4 cm³/mol. The number of hydrogen-bond donors (Lipinski definition) is 0. The number of aromatic nitrogens is 1. The standard InChI is InChI=1S/C9H12N2O4S/c1-15-9(12)7-11(16(2,13)14)8-4-3-5-10-6-8/h3-6H,7H2,1-2H3. The zero-order valence-electron chi connectivity index (χ0n) is 8.95. The Balaban J connectivity index is 3.03. The molecule has 6 nitrogen and oxygen atoms in total. The molecule has 88 valence electrons. The van der Waals surface area contributed by atoms with Crippen molar-refractivity contribution in [1.82, 2.24) is 4.98 Å². The largest absolute Gasteiger partial charge is 0.468 e. The molecule has 1 aromatic heterocycles. The average Bonchev–Trinajstić information content (AvgIpc) is 2.25. The maximum atomic E-state index is 11.5. The summed E-state index contributed by atoms with van der Waals surface area (Å²) in [6, 6.07) is 3.14. The van der Waals surface area contributed by atoms with Gasteiger partial charge in [-0.2, -0.15) is 0 Å². The third kappa shape index (κ3) is 3.20. The summed E-state index contributed by atoms with van der Waals surface area (Å²) < 4.78 is 28.3. The minimum atomic E-state index is -3.53. The molecule has 0 saturated heterocycles. The van der Waals surface area contributed by atoms with E-state index in [4.69, 9.17) is 0 Å². The minimum absolute atomic E-state index is 0.329. The number of rotatable bonds is 4. The molecule has 0 N–H and O–H groups in total. The highest BCUT2D eigenvalue weighted by molar-refractivity contribution is 7.92. The Hall–Kier alpha value is -1.63. The van der Waals surface area contributed by atoms with Crippen molar-refractivity contribution in [1.29, 1.82) is 0 Å². The fourth-order valence-electron chi connectivity index (χ4n) is 1.08. The van der Waals surface area contributed by atoms with Gasteiger partial charge in [0.2, 0.25) is 10.0 Å². The van der Waals surface area contributed by atoms with E-state index in [2.05, 4.69) is 9.72 Å². The van der Waals surface area contributed by atoms with Crippen LogP contribution in [0.3, 0.4) is 0 Å². The SMILES string of the molecule is COC(=O)CN(c1cccnc1)S(C)(=O)=O. The summed E-state index contributed by atoms with van der Waals surface area (Å²) >= 11 is 0. The van der Waals surface area contributed by atoms with Crippen molar-refractivity contribution in [2.75, 3.05) is 24.2 Å². The van der Waals surface area contributed by atoms with Crippen LogP contribution in [0.4, 0.5) is 5.69 Å². The van der Waals surface area contributed by atoms with Gasteiger partial charge in [-0.05, 0) is 12.1 Å². The monoisotopic (exact) mass is 244 g/mol. The smallest absolute Gasteiger partial charge is 0.326 e. The van der Waals surface area contributed by atoms with E-state index in [0.29, 0.717) is 5.69 Å². The Kier molecular flexibility index (Phi) is 3.83. The van der Waals surface area contributed by atoms with Crippen molar-refractivity contribution >= 4 is 21.7 Å². The number of carbonyl (C=O) groups excluding carboxylic acids is 1. The average molecular weight is 244 g/mol. The van der Waals surface area contributed by atoms with E-state index in [1.807, 2.05) is 0 Å². The Morgan fingerprint density at radius 2 is 2.25 bits per heavy atom. The first kappa shape index (κ1) is 12.4. The molecule has 0 bridgehead atoms. The molecule has 0 fully saturated rings. The van der Waals surface area contributed by atoms with Crippen molar-refractivity contribution in [3.05, 3.63) is 24.5 Å². The lowest BCUT2D eigenvalue weighted by Crippen LogP contribution is -2.35. The number of anilines is 1. The summed E-state index contributed by atoms with van der Waals surface area (Å²) in [5, 5.41) is 0. The molecule has 1 rings (SSSR count). The molecule has 0 saturated carbocycles. The van der Waals surface area contributed by atoms with Gasteiger partial charge in [0.05, 0.1) is 25.2 Å². The maximum absolute atomic E-state index is 11.5. The molecule has 0 unspecified atom stereocenters. The van der Waals surface area contributed by atoms with Crippen molar-refractivity contribution in [3.63, 3.8) is 0 Å². The summed E-state index contributed by atoms with van der Waals surface area (Å²) in [6.07, 6.45) is 3.90. The molecular formula is C9H12N2O4S. The van der Waals surface area contributed by atoms with Crippen molar-refractivity contribution < 1.29 is 17.9 Å². The van der Waals surface area contributed by atoms with Gasteiger partial charge in [-0.1, -0.05) is 0 Å². The van der Waals surface area contributed by atoms with Crippen molar-refractivity contribution in [2.24, 2.45) is 0 Å². The quantitative estimate of drug-likeness (QED) is 0.698. The van der Waals surface area contributed by atoms with Gasteiger partial charge in [0.25, 0.3) is 0 Å². The summed E-state index contributed by atoms with van der Waals surface area (Å²) in [5.41, 5.74) is 0.329. The number of esters is 1. The molecule has 1 heterocycles. The number of carbonyl (C=O) groups is 1. The lowest BCUT2D eigenvalue weighted by atomic mass is 10.4. The van der Waals surface area contributed by atoms with Crippen LogP contribution in [0.5, 0.6) is 0 Å². The van der Waals surface area contributed by atoms with E-state index >= 15 is 0 Å². The maximum Gasteiger partial charge on any atom is 0.326 e. The van der Waals surface area contributed by atoms with E-state index in [1.54, 1.807) is 12.1 Å². The van der Waals surface area contributed by atoms with Crippen LogP contribution in [0.1, 0.15) is 0 Å². The second kappa shape index (κ2) is 4.93. The normalized spacial score (nSPS) is 10.9. The van der Waals surface area contributed by atoms with Crippen LogP contribution in [-0.2, 0) is 19.6 Å². The lowest BCUT2D eigenvalue weighted by Gasteiger charge is -2.20. The van der Waals surface area contributed by atoms with E-state index in [-0.39, 0.29) is 6.54 Å². The Morgan fingerprint density at radius 1 is 1.56 bits per heavy atom. The second-order valence-corrected chi connectivity index (χ2v) is 4.96. The van der Waals surface area contributed by atoms with Gasteiger partial charge in [0.15, 0.2) is 0 Å². The van der Waals surface area contributed by atoms with E-state index in [9.17, 15) is 13.2 Å². The van der Waals surface area contributed by atoms with Gasteiger partial charge in [0, 0.05) is 6.20 Å². The van der Waals surface area contributed by atoms with Crippen LogP contribution < -0.4 is 4.31 Å². The fraction of sp³-hybridized carbons (Fsp3) is 0.333. The van der Waals surface area contributed by atoms with Crippen LogP contribution in [0.25, 0.3) is 0 Å². The number of nitrogens with zero attached hydrogens (tertiary/aromatic N) is 2. The molecule has 0 amide bonds. The van der Waals surface area contributed by atoms with E-state index in [1.165, 1.54) is 19.5 Å². The number of hydrogen-bond acceptors (Lipinski definition) is 5. The third-order valence-electron chi connectivity index (χ3n) is 1.83. The highest BCUT2D eigenvalue weighted by Crippen LogP contribution is 2.14.